The minimum atomic E-state index is -0.191. The molecule has 2 aromatic heterocycles. The van der Waals surface area contributed by atoms with Crippen LogP contribution in [-0.4, -0.2) is 10.9 Å². The maximum Gasteiger partial charge on any atom is 0.265 e. The van der Waals surface area contributed by atoms with Crippen LogP contribution in [0, 0.1) is 0 Å². The van der Waals surface area contributed by atoms with Gasteiger partial charge in [0.25, 0.3) is 5.91 Å². The van der Waals surface area contributed by atoms with E-state index in [1.807, 2.05) is 35.7 Å². The standard InChI is InChI=1S/C20H15ClN2O2S/c1-2-12-5-8-17-16(10-12)23-20(25-17)13-6-7-14(21)15(11-13)22-19(24)18-4-3-9-26-18/h3-11H,2H2,1H3,(H,22,24). The van der Waals surface area contributed by atoms with E-state index in [1.54, 1.807) is 18.2 Å². The first-order valence-corrected chi connectivity index (χ1v) is 9.44. The molecule has 0 spiro atoms. The van der Waals surface area contributed by atoms with Crippen LogP contribution in [0.2, 0.25) is 5.02 Å². The molecule has 1 N–H and O–H groups in total. The van der Waals surface area contributed by atoms with Crippen molar-refractivity contribution in [2.75, 3.05) is 5.32 Å². The molecule has 4 nitrogen and oxygen atoms in total. The number of aromatic nitrogens is 1. The van der Waals surface area contributed by atoms with Gasteiger partial charge in [-0.15, -0.1) is 11.3 Å². The number of halogens is 1. The Morgan fingerprint density at radius 1 is 1.23 bits per heavy atom. The molecule has 26 heavy (non-hydrogen) atoms. The fraction of sp³-hybridized carbons (Fsp3) is 0.100. The van der Waals surface area contributed by atoms with E-state index >= 15 is 0 Å². The van der Waals surface area contributed by atoms with Crippen LogP contribution in [-0.2, 0) is 6.42 Å². The first-order chi connectivity index (χ1) is 12.6. The molecule has 0 saturated carbocycles. The third-order valence-corrected chi connectivity index (χ3v) is 5.26. The Hall–Kier alpha value is -2.63. The van der Waals surface area contributed by atoms with Crippen molar-refractivity contribution in [1.29, 1.82) is 0 Å². The van der Waals surface area contributed by atoms with Gasteiger partial charge in [0.2, 0.25) is 5.89 Å². The fourth-order valence-electron chi connectivity index (χ4n) is 2.66. The summed E-state index contributed by atoms with van der Waals surface area (Å²) in [5.74, 6) is 0.306. The number of fused-ring (bicyclic) bond motifs is 1. The highest BCUT2D eigenvalue weighted by Crippen LogP contribution is 2.31. The second kappa shape index (κ2) is 6.94. The number of rotatable bonds is 4. The van der Waals surface area contributed by atoms with E-state index in [1.165, 1.54) is 16.9 Å². The lowest BCUT2D eigenvalue weighted by atomic mass is 10.1. The van der Waals surface area contributed by atoms with Gasteiger partial charge in [-0.1, -0.05) is 30.7 Å². The van der Waals surface area contributed by atoms with Crippen molar-refractivity contribution in [3.63, 3.8) is 0 Å². The monoisotopic (exact) mass is 382 g/mol. The quantitative estimate of drug-likeness (QED) is 0.469. The van der Waals surface area contributed by atoms with Crippen molar-refractivity contribution in [1.82, 2.24) is 4.98 Å². The highest BCUT2D eigenvalue weighted by atomic mass is 35.5. The molecule has 1 amide bonds. The van der Waals surface area contributed by atoms with Crippen molar-refractivity contribution < 1.29 is 9.21 Å². The summed E-state index contributed by atoms with van der Waals surface area (Å²) in [6, 6.07) is 14.9. The number of benzene rings is 2. The van der Waals surface area contributed by atoms with Crippen LogP contribution in [0.25, 0.3) is 22.6 Å². The van der Waals surface area contributed by atoms with Crippen LogP contribution < -0.4 is 5.32 Å². The summed E-state index contributed by atoms with van der Waals surface area (Å²) in [7, 11) is 0. The van der Waals surface area contributed by atoms with E-state index in [4.69, 9.17) is 16.0 Å². The van der Waals surface area contributed by atoms with E-state index in [0.717, 1.165) is 23.1 Å². The lowest BCUT2D eigenvalue weighted by Crippen LogP contribution is -2.10. The van der Waals surface area contributed by atoms with E-state index in [9.17, 15) is 4.79 Å². The molecule has 0 unspecified atom stereocenters. The third kappa shape index (κ3) is 3.23. The Morgan fingerprint density at radius 2 is 2.12 bits per heavy atom. The molecule has 2 aromatic carbocycles. The zero-order chi connectivity index (χ0) is 18.1. The number of amides is 1. The number of aryl methyl sites for hydroxylation is 1. The van der Waals surface area contributed by atoms with Gasteiger partial charge < -0.3 is 9.73 Å². The van der Waals surface area contributed by atoms with Crippen molar-refractivity contribution in [2.45, 2.75) is 13.3 Å². The number of hydrogen-bond donors (Lipinski definition) is 1. The van der Waals surface area contributed by atoms with E-state index in [0.29, 0.717) is 21.5 Å². The Morgan fingerprint density at radius 3 is 2.88 bits per heavy atom. The number of carbonyl (C=O) groups excluding carboxylic acids is 1. The van der Waals surface area contributed by atoms with Gasteiger partial charge >= 0.3 is 0 Å². The van der Waals surface area contributed by atoms with E-state index < -0.39 is 0 Å². The molecule has 0 radical (unpaired) electrons. The van der Waals surface area contributed by atoms with Gasteiger partial charge in [0.1, 0.15) is 5.52 Å². The zero-order valence-electron chi connectivity index (χ0n) is 14.0. The number of carbonyl (C=O) groups is 1. The lowest BCUT2D eigenvalue weighted by Gasteiger charge is -2.07. The molecule has 130 valence electrons. The highest BCUT2D eigenvalue weighted by molar-refractivity contribution is 7.12. The normalized spacial score (nSPS) is 11.0. The van der Waals surface area contributed by atoms with Crippen molar-refractivity contribution >= 4 is 45.6 Å². The largest absolute Gasteiger partial charge is 0.436 e. The Balaban J connectivity index is 1.68. The molecule has 6 heteroatoms. The first-order valence-electron chi connectivity index (χ1n) is 8.18. The molecule has 0 bridgehead atoms. The molecule has 0 aliphatic carbocycles. The first kappa shape index (κ1) is 16.8. The smallest absolute Gasteiger partial charge is 0.265 e. The molecular formula is C20H15ClN2O2S. The van der Waals surface area contributed by atoms with Crippen molar-refractivity contribution in [2.24, 2.45) is 0 Å². The van der Waals surface area contributed by atoms with Crippen molar-refractivity contribution in [3.05, 3.63) is 69.4 Å². The molecule has 0 atom stereocenters. The summed E-state index contributed by atoms with van der Waals surface area (Å²) >= 11 is 7.62. The van der Waals surface area contributed by atoms with Crippen LogP contribution in [0.15, 0.2) is 58.3 Å². The SMILES string of the molecule is CCc1ccc2oc(-c3ccc(Cl)c(NC(=O)c4cccs4)c3)nc2c1. The summed E-state index contributed by atoms with van der Waals surface area (Å²) in [5.41, 5.74) is 4.04. The number of nitrogens with one attached hydrogen (secondary N) is 1. The predicted molar refractivity (Wildman–Crippen MR) is 106 cm³/mol. The summed E-state index contributed by atoms with van der Waals surface area (Å²) in [6.07, 6.45) is 0.942. The van der Waals surface area contributed by atoms with Gasteiger partial charge in [0.15, 0.2) is 5.58 Å². The van der Waals surface area contributed by atoms with Crippen molar-refractivity contribution in [3.8, 4) is 11.5 Å². The maximum atomic E-state index is 12.3. The van der Waals surface area contributed by atoms with Crippen LogP contribution in [0.5, 0.6) is 0 Å². The van der Waals surface area contributed by atoms with E-state index in [2.05, 4.69) is 17.2 Å². The summed E-state index contributed by atoms with van der Waals surface area (Å²) in [6.45, 7) is 2.10. The third-order valence-electron chi connectivity index (χ3n) is 4.07. The Bertz CT molecular complexity index is 1090. The number of thiophene rings is 1. The Labute approximate surface area is 159 Å². The molecule has 0 aliphatic rings. The Kier molecular flexibility index (Phi) is 4.49. The average molecular weight is 383 g/mol. The van der Waals surface area contributed by atoms with E-state index in [-0.39, 0.29) is 5.91 Å². The number of anilines is 1. The molecule has 4 rings (SSSR count). The second-order valence-corrected chi connectivity index (χ2v) is 7.16. The van der Waals surface area contributed by atoms with Crippen LogP contribution in [0.4, 0.5) is 5.69 Å². The summed E-state index contributed by atoms with van der Waals surface area (Å²) in [4.78, 5) is 17.5. The van der Waals surface area contributed by atoms with Gasteiger partial charge in [-0.25, -0.2) is 4.98 Å². The number of hydrogen-bond acceptors (Lipinski definition) is 4. The second-order valence-electron chi connectivity index (χ2n) is 5.80. The van der Waals surface area contributed by atoms with Crippen LogP contribution in [0.1, 0.15) is 22.2 Å². The molecule has 0 saturated heterocycles. The van der Waals surface area contributed by atoms with Crippen LogP contribution >= 0.6 is 22.9 Å². The molecule has 0 aliphatic heterocycles. The molecule has 2 heterocycles. The summed E-state index contributed by atoms with van der Waals surface area (Å²) < 4.78 is 5.86. The highest BCUT2D eigenvalue weighted by Gasteiger charge is 2.13. The van der Waals surface area contributed by atoms with Gasteiger partial charge in [0.05, 0.1) is 15.6 Å². The number of oxazole rings is 1. The molecule has 4 aromatic rings. The minimum absolute atomic E-state index is 0.191. The summed E-state index contributed by atoms with van der Waals surface area (Å²) in [5, 5.41) is 5.16. The van der Waals surface area contributed by atoms with Gasteiger partial charge in [-0.2, -0.15) is 0 Å². The topological polar surface area (TPSA) is 55.1 Å². The maximum absolute atomic E-state index is 12.3. The lowest BCUT2D eigenvalue weighted by molar-refractivity contribution is 0.103. The zero-order valence-corrected chi connectivity index (χ0v) is 15.5. The predicted octanol–water partition coefficient (Wildman–Crippen LogP) is 6.02. The van der Waals surface area contributed by atoms with Crippen LogP contribution in [0.3, 0.4) is 0 Å². The average Bonchev–Trinajstić information content (AvgIpc) is 3.32. The van der Waals surface area contributed by atoms with Gasteiger partial charge in [-0.05, 0) is 53.8 Å². The van der Waals surface area contributed by atoms with Gasteiger partial charge in [-0.3, -0.25) is 4.79 Å². The van der Waals surface area contributed by atoms with Gasteiger partial charge in [0, 0.05) is 5.56 Å². The molecule has 0 fully saturated rings. The minimum Gasteiger partial charge on any atom is -0.436 e. The fourth-order valence-corrected chi connectivity index (χ4v) is 3.45. The number of nitrogens with zero attached hydrogens (tertiary/aromatic N) is 1. The molecular weight excluding hydrogens is 368 g/mol.